The maximum absolute atomic E-state index is 12.6. The number of nitrogens with zero attached hydrogens (tertiary/aromatic N) is 2. The highest BCUT2D eigenvalue weighted by molar-refractivity contribution is 8.00. The molecular formula is C31H27N3O5S. The van der Waals surface area contributed by atoms with Crippen molar-refractivity contribution in [3.63, 3.8) is 0 Å². The number of nitrogens with one attached hydrogen (secondary N) is 1. The van der Waals surface area contributed by atoms with Crippen molar-refractivity contribution in [1.82, 2.24) is 10.3 Å². The number of hydrogen-bond acceptors (Lipinski definition) is 7. The molecule has 1 aliphatic rings. The Balaban J connectivity index is 1.17. The molecule has 2 amide bonds. The van der Waals surface area contributed by atoms with Gasteiger partial charge in [-0.15, -0.1) is 11.8 Å². The van der Waals surface area contributed by atoms with Crippen LogP contribution in [-0.2, 0) is 16.1 Å². The molecule has 1 fully saturated rings. The number of furan rings is 1. The third-order valence-corrected chi connectivity index (χ3v) is 7.54. The zero-order valence-corrected chi connectivity index (χ0v) is 22.6. The Morgan fingerprint density at radius 3 is 2.45 bits per heavy atom. The Hall–Kier alpha value is -4.63. The number of benzene rings is 3. The molecule has 40 heavy (non-hydrogen) atoms. The normalized spacial score (nSPS) is 15.0. The molecule has 0 spiro atoms. The second-order valence-electron chi connectivity index (χ2n) is 8.99. The van der Waals surface area contributed by atoms with Gasteiger partial charge in [0.15, 0.2) is 0 Å². The van der Waals surface area contributed by atoms with Crippen LogP contribution < -0.4 is 5.43 Å². The van der Waals surface area contributed by atoms with Gasteiger partial charge in [-0.3, -0.25) is 9.59 Å². The van der Waals surface area contributed by atoms with Crippen molar-refractivity contribution in [2.24, 2.45) is 5.10 Å². The summed E-state index contributed by atoms with van der Waals surface area (Å²) in [6, 6.07) is 27.5. The summed E-state index contributed by atoms with van der Waals surface area (Å²) in [5, 5.41) is 3.92. The van der Waals surface area contributed by atoms with Gasteiger partial charge in [-0.25, -0.2) is 10.2 Å². The standard InChI is InChI=1S/C31H27N3O5S/c1-2-38-31(37)25-14-8-22(9-15-25)27-17-16-26(39-27)18-32-33-29(36)23-10-12-24(13-11-23)30-34(28(35)20-40-30)19-21-6-4-3-5-7-21/h3-18,30H,2,19-20H2,1H3,(H,33,36)/b32-18-/t30-/m0/s1. The lowest BCUT2D eigenvalue weighted by molar-refractivity contribution is -0.128. The first kappa shape index (κ1) is 27.0. The summed E-state index contributed by atoms with van der Waals surface area (Å²) in [5.41, 5.74) is 6.27. The molecule has 0 saturated carbocycles. The molecule has 2 heterocycles. The molecule has 1 saturated heterocycles. The van der Waals surface area contributed by atoms with Crippen LogP contribution in [0, 0.1) is 0 Å². The number of rotatable bonds is 9. The van der Waals surface area contributed by atoms with E-state index in [0.717, 1.165) is 16.7 Å². The summed E-state index contributed by atoms with van der Waals surface area (Å²) >= 11 is 1.58. The minimum absolute atomic E-state index is 0.0997. The molecule has 1 aromatic heterocycles. The number of hydrazone groups is 1. The van der Waals surface area contributed by atoms with Gasteiger partial charge in [0, 0.05) is 17.7 Å². The highest BCUT2D eigenvalue weighted by Gasteiger charge is 2.32. The zero-order chi connectivity index (χ0) is 27.9. The summed E-state index contributed by atoms with van der Waals surface area (Å²) in [7, 11) is 0. The zero-order valence-electron chi connectivity index (χ0n) is 21.8. The smallest absolute Gasteiger partial charge is 0.338 e. The maximum atomic E-state index is 12.6. The minimum Gasteiger partial charge on any atom is -0.462 e. The predicted molar refractivity (Wildman–Crippen MR) is 154 cm³/mol. The molecule has 0 aliphatic carbocycles. The summed E-state index contributed by atoms with van der Waals surface area (Å²) in [4.78, 5) is 38.8. The van der Waals surface area contributed by atoms with Gasteiger partial charge in [0.2, 0.25) is 5.91 Å². The lowest BCUT2D eigenvalue weighted by Crippen LogP contribution is -2.27. The van der Waals surface area contributed by atoms with Gasteiger partial charge in [0.1, 0.15) is 16.9 Å². The second kappa shape index (κ2) is 12.5. The van der Waals surface area contributed by atoms with E-state index in [9.17, 15) is 14.4 Å². The Morgan fingerprint density at radius 1 is 1.00 bits per heavy atom. The topological polar surface area (TPSA) is 101 Å². The maximum Gasteiger partial charge on any atom is 0.338 e. The third kappa shape index (κ3) is 6.32. The lowest BCUT2D eigenvalue weighted by atomic mass is 10.1. The Bertz CT molecular complexity index is 1510. The molecule has 0 unspecified atom stereocenters. The van der Waals surface area contributed by atoms with E-state index in [1.54, 1.807) is 67.2 Å². The predicted octanol–water partition coefficient (Wildman–Crippen LogP) is 5.66. The van der Waals surface area contributed by atoms with Gasteiger partial charge in [0.25, 0.3) is 5.91 Å². The van der Waals surface area contributed by atoms with Gasteiger partial charge >= 0.3 is 5.97 Å². The molecule has 1 atom stereocenters. The third-order valence-electron chi connectivity index (χ3n) is 6.29. The van der Waals surface area contributed by atoms with Crippen molar-refractivity contribution in [1.29, 1.82) is 0 Å². The van der Waals surface area contributed by atoms with Crippen LogP contribution in [-0.4, -0.2) is 41.3 Å². The minimum atomic E-state index is -0.371. The summed E-state index contributed by atoms with van der Waals surface area (Å²) < 4.78 is 10.8. The van der Waals surface area contributed by atoms with Crippen LogP contribution in [0.15, 0.2) is 101 Å². The molecule has 0 bridgehead atoms. The average Bonchev–Trinajstić information content (AvgIpc) is 3.60. The van der Waals surface area contributed by atoms with Gasteiger partial charge in [-0.1, -0.05) is 54.6 Å². The van der Waals surface area contributed by atoms with Crippen LogP contribution in [0.1, 0.15) is 49.9 Å². The van der Waals surface area contributed by atoms with E-state index in [2.05, 4.69) is 10.5 Å². The number of carbonyl (C=O) groups is 3. The fourth-order valence-corrected chi connectivity index (χ4v) is 5.45. The summed E-state index contributed by atoms with van der Waals surface area (Å²) in [5.74, 6) is 0.862. The van der Waals surface area contributed by atoms with E-state index < -0.39 is 0 Å². The van der Waals surface area contributed by atoms with Crippen molar-refractivity contribution in [2.75, 3.05) is 12.4 Å². The molecule has 3 aromatic carbocycles. The molecule has 4 aromatic rings. The first-order chi connectivity index (χ1) is 19.5. The number of ether oxygens (including phenoxy) is 1. The number of thioether (sulfide) groups is 1. The monoisotopic (exact) mass is 553 g/mol. The van der Waals surface area contributed by atoms with E-state index in [1.807, 2.05) is 47.4 Å². The van der Waals surface area contributed by atoms with Crippen LogP contribution in [0.2, 0.25) is 0 Å². The quantitative estimate of drug-likeness (QED) is 0.163. The van der Waals surface area contributed by atoms with Crippen molar-refractivity contribution in [3.05, 3.63) is 119 Å². The number of esters is 1. The Kier molecular flexibility index (Phi) is 8.41. The van der Waals surface area contributed by atoms with E-state index in [0.29, 0.717) is 41.6 Å². The second-order valence-corrected chi connectivity index (χ2v) is 10.1. The van der Waals surface area contributed by atoms with Crippen LogP contribution in [0.25, 0.3) is 11.3 Å². The van der Waals surface area contributed by atoms with Crippen LogP contribution in [0.4, 0.5) is 0 Å². The van der Waals surface area contributed by atoms with Crippen molar-refractivity contribution >= 4 is 35.8 Å². The molecule has 8 nitrogen and oxygen atoms in total. The van der Waals surface area contributed by atoms with Crippen molar-refractivity contribution < 1.29 is 23.5 Å². The molecule has 1 N–H and O–H groups in total. The summed E-state index contributed by atoms with van der Waals surface area (Å²) in [6.45, 7) is 2.62. The molecular weight excluding hydrogens is 526 g/mol. The lowest BCUT2D eigenvalue weighted by Gasteiger charge is -2.24. The van der Waals surface area contributed by atoms with Gasteiger partial charge < -0.3 is 14.1 Å². The number of hydrogen-bond donors (Lipinski definition) is 1. The largest absolute Gasteiger partial charge is 0.462 e. The van der Waals surface area contributed by atoms with Gasteiger partial charge in [-0.05, 0) is 54.4 Å². The molecule has 9 heteroatoms. The van der Waals surface area contributed by atoms with Crippen LogP contribution in [0.5, 0.6) is 0 Å². The van der Waals surface area contributed by atoms with Crippen LogP contribution in [0.3, 0.4) is 0 Å². The highest BCUT2D eigenvalue weighted by Crippen LogP contribution is 2.39. The number of amides is 2. The molecule has 5 rings (SSSR count). The Morgan fingerprint density at radius 2 is 1.73 bits per heavy atom. The van der Waals surface area contributed by atoms with Gasteiger partial charge in [-0.2, -0.15) is 5.10 Å². The summed E-state index contributed by atoms with van der Waals surface area (Å²) in [6.07, 6.45) is 1.42. The van der Waals surface area contributed by atoms with Crippen molar-refractivity contribution in [2.45, 2.75) is 18.8 Å². The molecule has 0 radical (unpaired) electrons. The first-order valence-corrected chi connectivity index (χ1v) is 13.8. The molecule has 202 valence electrons. The van der Waals surface area contributed by atoms with E-state index in [-0.39, 0.29) is 23.2 Å². The fourth-order valence-electron chi connectivity index (χ4n) is 4.26. The van der Waals surface area contributed by atoms with Crippen molar-refractivity contribution in [3.8, 4) is 11.3 Å². The first-order valence-electron chi connectivity index (χ1n) is 12.8. The van der Waals surface area contributed by atoms with E-state index in [1.165, 1.54) is 6.21 Å². The van der Waals surface area contributed by atoms with E-state index >= 15 is 0 Å². The van der Waals surface area contributed by atoms with Crippen LogP contribution >= 0.6 is 11.8 Å². The molecule has 1 aliphatic heterocycles. The number of carbonyl (C=O) groups excluding carboxylic acids is 3. The van der Waals surface area contributed by atoms with Gasteiger partial charge in [0.05, 0.1) is 24.1 Å². The fraction of sp³-hybridized carbons (Fsp3) is 0.161. The highest BCUT2D eigenvalue weighted by atomic mass is 32.2. The average molecular weight is 554 g/mol. The Labute approximate surface area is 236 Å². The SMILES string of the molecule is CCOC(=O)c1ccc(-c2ccc(/C=N\NC(=O)c3ccc([C@@H]4SCC(=O)N4Cc4ccccc4)cc3)o2)cc1. The van der Waals surface area contributed by atoms with E-state index in [4.69, 9.17) is 9.15 Å².